The Morgan fingerprint density at radius 2 is 1.52 bits per heavy atom. The van der Waals surface area contributed by atoms with Gasteiger partial charge in [0.15, 0.2) is 0 Å². The SMILES string of the molecule is CC(C)CC1=Cc2c(-c3cccc4ccccc34)cccc2[CH]1[Zr+2][Si](C)C.[Cl-].[Cl-]. The smallest absolute Gasteiger partial charge is 1.00 e. The summed E-state index contributed by atoms with van der Waals surface area (Å²) in [6.07, 6.45) is 3.83. The Morgan fingerprint density at radius 3 is 2.24 bits per heavy atom. The fourth-order valence-electron chi connectivity index (χ4n) is 4.27. The summed E-state index contributed by atoms with van der Waals surface area (Å²) >= 11 is -0.399. The van der Waals surface area contributed by atoms with E-state index in [1.165, 1.54) is 33.9 Å². The molecular formula is C25H27Cl2SiZr. The Balaban J connectivity index is 0.00000150. The van der Waals surface area contributed by atoms with E-state index in [-0.39, 0.29) is 30.7 Å². The van der Waals surface area contributed by atoms with Crippen LogP contribution >= 0.6 is 0 Å². The fraction of sp³-hybridized carbons (Fsp3) is 0.280. The van der Waals surface area contributed by atoms with Crippen LogP contribution < -0.4 is 24.8 Å². The third kappa shape index (κ3) is 5.16. The number of hydrogen-bond donors (Lipinski definition) is 0. The van der Waals surface area contributed by atoms with Gasteiger partial charge >= 0.3 is 177 Å². The van der Waals surface area contributed by atoms with Crippen molar-refractivity contribution < 1.29 is 47.2 Å². The molecule has 0 saturated carbocycles. The number of hydrogen-bond acceptors (Lipinski definition) is 0. The minimum Gasteiger partial charge on any atom is -1.00 e. The van der Waals surface area contributed by atoms with Gasteiger partial charge in [0.25, 0.3) is 0 Å². The topological polar surface area (TPSA) is 0 Å². The molecule has 1 aliphatic carbocycles. The van der Waals surface area contributed by atoms with Crippen LogP contribution in [0, 0.1) is 5.92 Å². The second kappa shape index (κ2) is 10.6. The molecule has 4 rings (SSSR count). The molecule has 1 radical (unpaired) electrons. The molecule has 29 heavy (non-hydrogen) atoms. The molecule has 0 N–H and O–H groups in total. The van der Waals surface area contributed by atoms with E-state index in [1.807, 2.05) is 0 Å². The molecule has 0 saturated heterocycles. The summed E-state index contributed by atoms with van der Waals surface area (Å²) in [5.41, 5.74) is 7.68. The van der Waals surface area contributed by atoms with Gasteiger partial charge in [0.1, 0.15) is 0 Å². The number of fused-ring (bicyclic) bond motifs is 2. The van der Waals surface area contributed by atoms with E-state index in [9.17, 15) is 0 Å². The molecular weight excluding hydrogens is 490 g/mol. The number of rotatable bonds is 5. The minimum absolute atomic E-state index is 0. The van der Waals surface area contributed by atoms with Crippen LogP contribution in [-0.2, 0) is 22.4 Å². The maximum Gasteiger partial charge on any atom is -1.00 e. The zero-order valence-corrected chi connectivity index (χ0v) is 22.4. The number of halogens is 2. The molecule has 1 atom stereocenters. The van der Waals surface area contributed by atoms with Crippen molar-refractivity contribution in [2.24, 2.45) is 5.92 Å². The molecule has 0 spiro atoms. The summed E-state index contributed by atoms with van der Waals surface area (Å²) in [5, 5.41) is 2.70. The van der Waals surface area contributed by atoms with Crippen LogP contribution in [-0.4, -0.2) is 5.92 Å². The average molecular weight is 518 g/mol. The Kier molecular flexibility index (Phi) is 8.98. The van der Waals surface area contributed by atoms with Gasteiger partial charge < -0.3 is 24.8 Å². The molecule has 0 aromatic heterocycles. The predicted octanol–water partition coefficient (Wildman–Crippen LogP) is 1.33. The predicted molar refractivity (Wildman–Crippen MR) is 117 cm³/mol. The molecule has 3 aromatic rings. The molecule has 0 bridgehead atoms. The first-order valence-electron chi connectivity index (χ1n) is 9.93. The Labute approximate surface area is 200 Å². The molecule has 4 heteroatoms. The molecule has 0 heterocycles. The van der Waals surface area contributed by atoms with Crippen LogP contribution in [0.2, 0.25) is 13.1 Å². The Bertz CT molecular complexity index is 1010. The molecule has 3 aromatic carbocycles. The summed E-state index contributed by atoms with van der Waals surface area (Å²) in [7, 11) is 0. The second-order valence-corrected chi connectivity index (χ2v) is 21.4. The van der Waals surface area contributed by atoms with E-state index in [0.717, 1.165) is 9.54 Å². The monoisotopic (exact) mass is 515 g/mol. The van der Waals surface area contributed by atoms with E-state index >= 15 is 0 Å². The van der Waals surface area contributed by atoms with Crippen molar-refractivity contribution in [2.45, 2.75) is 37.0 Å². The van der Waals surface area contributed by atoms with Crippen LogP contribution in [0.5, 0.6) is 0 Å². The first-order valence-corrected chi connectivity index (χ1v) is 17.5. The van der Waals surface area contributed by atoms with Crippen LogP contribution in [0.3, 0.4) is 0 Å². The van der Waals surface area contributed by atoms with Gasteiger partial charge in [-0.3, -0.25) is 0 Å². The third-order valence-corrected chi connectivity index (χ3v) is 14.2. The van der Waals surface area contributed by atoms with Crippen molar-refractivity contribution in [2.75, 3.05) is 0 Å². The third-order valence-electron chi connectivity index (χ3n) is 5.31. The van der Waals surface area contributed by atoms with Crippen LogP contribution in [0.25, 0.3) is 28.0 Å². The van der Waals surface area contributed by atoms with Crippen LogP contribution in [0.1, 0.15) is 35.0 Å². The fourth-order valence-corrected chi connectivity index (χ4v) is 13.1. The van der Waals surface area contributed by atoms with Gasteiger partial charge in [-0.05, 0) is 0 Å². The van der Waals surface area contributed by atoms with E-state index in [0.29, 0.717) is 0 Å². The number of benzene rings is 3. The minimum atomic E-state index is -0.399. The Morgan fingerprint density at radius 1 is 0.862 bits per heavy atom. The summed E-state index contributed by atoms with van der Waals surface area (Å²) in [4.78, 5) is 0. The van der Waals surface area contributed by atoms with Gasteiger partial charge in [-0.25, -0.2) is 0 Å². The summed E-state index contributed by atoms with van der Waals surface area (Å²) in [6, 6.07) is 22.6. The number of allylic oxidation sites excluding steroid dienone is 1. The molecule has 0 nitrogen and oxygen atoms in total. The zero-order valence-electron chi connectivity index (χ0n) is 17.5. The maximum atomic E-state index is 2.57. The summed E-state index contributed by atoms with van der Waals surface area (Å²) < 4.78 is 0.796. The normalized spacial score (nSPS) is 14.8. The summed E-state index contributed by atoms with van der Waals surface area (Å²) in [6.45, 7) is 9.77. The molecule has 0 aliphatic heterocycles. The van der Waals surface area contributed by atoms with Gasteiger partial charge in [-0.15, -0.1) is 0 Å². The molecule has 0 fully saturated rings. The van der Waals surface area contributed by atoms with Crippen LogP contribution in [0.4, 0.5) is 0 Å². The molecule has 0 amide bonds. The van der Waals surface area contributed by atoms with Gasteiger partial charge in [0, 0.05) is 0 Å². The van der Waals surface area contributed by atoms with Crippen molar-refractivity contribution in [1.29, 1.82) is 0 Å². The van der Waals surface area contributed by atoms with Crippen molar-refractivity contribution in [3.05, 3.63) is 77.4 Å². The van der Waals surface area contributed by atoms with E-state index < -0.39 is 22.4 Å². The Hall–Kier alpha value is -0.660. The first-order chi connectivity index (χ1) is 13.0. The van der Waals surface area contributed by atoms with Crippen molar-refractivity contribution in [3.8, 4) is 11.1 Å². The summed E-state index contributed by atoms with van der Waals surface area (Å²) in [5.74, 6) is 0.625. The van der Waals surface area contributed by atoms with Gasteiger partial charge in [0.05, 0.1) is 0 Å². The largest absolute Gasteiger partial charge is 1.00 e. The average Bonchev–Trinajstić information content (AvgIpc) is 2.97. The van der Waals surface area contributed by atoms with E-state index in [1.54, 1.807) is 11.1 Å². The molecule has 149 valence electrons. The molecule has 1 unspecified atom stereocenters. The standard InChI is InChI=1S/C23H21.C2H6Si.2ClH.Zr/c1-16(2)13-17-14-19-9-6-12-22(23(19)15-17)21-11-5-8-18-7-3-4-10-20(18)21;1-3-2;;;/h3-12,14-16H,13H2,1-2H3;1-2H3;2*1H;/q;;;;+2/p-2. The van der Waals surface area contributed by atoms with E-state index in [2.05, 4.69) is 93.7 Å². The van der Waals surface area contributed by atoms with Crippen molar-refractivity contribution >= 4 is 22.8 Å². The van der Waals surface area contributed by atoms with Gasteiger partial charge in [0.2, 0.25) is 0 Å². The first kappa shape index (κ1) is 24.6. The zero-order chi connectivity index (χ0) is 19.0. The van der Waals surface area contributed by atoms with E-state index in [4.69, 9.17) is 0 Å². The molecule has 1 aliphatic rings. The van der Waals surface area contributed by atoms with Crippen molar-refractivity contribution in [3.63, 3.8) is 0 Å². The van der Waals surface area contributed by atoms with Gasteiger partial charge in [-0.2, -0.15) is 0 Å². The van der Waals surface area contributed by atoms with Crippen LogP contribution in [0.15, 0.2) is 66.2 Å². The van der Waals surface area contributed by atoms with Gasteiger partial charge in [-0.1, -0.05) is 0 Å². The van der Waals surface area contributed by atoms with Crippen molar-refractivity contribution in [1.82, 2.24) is 0 Å². The second-order valence-electron chi connectivity index (χ2n) is 8.23. The maximum absolute atomic E-state index is 2.57. The quantitative estimate of drug-likeness (QED) is 0.448.